The third-order valence-electron chi connectivity index (χ3n) is 3.38. The summed E-state index contributed by atoms with van der Waals surface area (Å²) < 4.78 is 1.10. The molecule has 0 saturated carbocycles. The van der Waals surface area contributed by atoms with Crippen LogP contribution in [0.5, 0.6) is 0 Å². The minimum absolute atomic E-state index is 0.0952. The van der Waals surface area contributed by atoms with Crippen molar-refractivity contribution >= 4 is 21.8 Å². The number of fused-ring (bicyclic) bond motifs is 1. The Hall–Kier alpha value is -0.870. The predicted molar refractivity (Wildman–Crippen MR) is 76.1 cm³/mol. The monoisotopic (exact) mass is 310 g/mol. The van der Waals surface area contributed by atoms with Gasteiger partial charge in [0, 0.05) is 30.0 Å². The standard InChI is InChI=1S/C14H19BrN2O/c1-10(16)5-6-14(18)17-8-7-11-3-2-4-13(15)12(11)9-17/h2-4,10H,5-9,16H2,1H3. The van der Waals surface area contributed by atoms with Crippen molar-refractivity contribution in [1.29, 1.82) is 0 Å². The highest BCUT2D eigenvalue weighted by Gasteiger charge is 2.21. The summed E-state index contributed by atoms with van der Waals surface area (Å²) in [5.74, 6) is 0.216. The van der Waals surface area contributed by atoms with Crippen LogP contribution in [0.3, 0.4) is 0 Å². The molecule has 0 fully saturated rings. The van der Waals surface area contributed by atoms with Gasteiger partial charge in [0.1, 0.15) is 0 Å². The van der Waals surface area contributed by atoms with Crippen molar-refractivity contribution < 1.29 is 4.79 Å². The lowest BCUT2D eigenvalue weighted by molar-refractivity contribution is -0.132. The summed E-state index contributed by atoms with van der Waals surface area (Å²) in [6.45, 7) is 3.48. The normalized spacial score (nSPS) is 16.3. The molecule has 0 aromatic heterocycles. The van der Waals surface area contributed by atoms with E-state index in [1.54, 1.807) is 0 Å². The highest BCUT2D eigenvalue weighted by atomic mass is 79.9. The molecule has 98 valence electrons. The molecule has 0 aliphatic carbocycles. The largest absolute Gasteiger partial charge is 0.338 e. The number of carbonyl (C=O) groups is 1. The van der Waals surface area contributed by atoms with Crippen LogP contribution in [-0.4, -0.2) is 23.4 Å². The van der Waals surface area contributed by atoms with Crippen LogP contribution >= 0.6 is 15.9 Å². The molecule has 3 nitrogen and oxygen atoms in total. The highest BCUT2D eigenvalue weighted by Crippen LogP contribution is 2.26. The third kappa shape index (κ3) is 3.12. The summed E-state index contributed by atoms with van der Waals surface area (Å²) in [5, 5.41) is 0. The second-order valence-corrected chi connectivity index (χ2v) is 5.81. The van der Waals surface area contributed by atoms with Gasteiger partial charge < -0.3 is 10.6 Å². The Morgan fingerprint density at radius 1 is 1.56 bits per heavy atom. The molecule has 0 saturated heterocycles. The molecule has 0 spiro atoms. The number of amides is 1. The third-order valence-corrected chi connectivity index (χ3v) is 4.13. The lowest BCUT2D eigenvalue weighted by Crippen LogP contribution is -2.36. The topological polar surface area (TPSA) is 46.3 Å². The molecule has 2 N–H and O–H groups in total. The number of hydrogen-bond acceptors (Lipinski definition) is 2. The lowest BCUT2D eigenvalue weighted by Gasteiger charge is -2.29. The number of nitrogens with zero attached hydrogens (tertiary/aromatic N) is 1. The van der Waals surface area contributed by atoms with E-state index in [-0.39, 0.29) is 11.9 Å². The fourth-order valence-electron chi connectivity index (χ4n) is 2.26. The van der Waals surface area contributed by atoms with Crippen LogP contribution in [0.25, 0.3) is 0 Å². The SMILES string of the molecule is CC(N)CCC(=O)N1CCc2cccc(Br)c2C1. The number of rotatable bonds is 3. The Morgan fingerprint density at radius 3 is 3.06 bits per heavy atom. The van der Waals surface area contributed by atoms with Crippen LogP contribution in [0.1, 0.15) is 30.9 Å². The Morgan fingerprint density at radius 2 is 2.33 bits per heavy atom. The lowest BCUT2D eigenvalue weighted by atomic mass is 9.99. The van der Waals surface area contributed by atoms with E-state index in [4.69, 9.17) is 5.73 Å². The molecule has 4 heteroatoms. The van der Waals surface area contributed by atoms with Crippen LogP contribution in [0.4, 0.5) is 0 Å². The molecule has 2 rings (SSSR count). The quantitative estimate of drug-likeness (QED) is 0.932. The first-order valence-corrected chi connectivity index (χ1v) is 7.17. The average Bonchev–Trinajstić information content (AvgIpc) is 2.36. The van der Waals surface area contributed by atoms with Gasteiger partial charge >= 0.3 is 0 Å². The smallest absolute Gasteiger partial charge is 0.222 e. The maximum Gasteiger partial charge on any atom is 0.222 e. The Labute approximate surface area is 116 Å². The van der Waals surface area contributed by atoms with Gasteiger partial charge in [-0.15, -0.1) is 0 Å². The number of nitrogens with two attached hydrogens (primary N) is 1. The molecular weight excluding hydrogens is 292 g/mol. The minimum Gasteiger partial charge on any atom is -0.338 e. The molecule has 1 aromatic carbocycles. The molecule has 1 aliphatic rings. The number of hydrogen-bond donors (Lipinski definition) is 1. The Kier molecular flexibility index (Phi) is 4.40. The van der Waals surface area contributed by atoms with Gasteiger partial charge in [0.2, 0.25) is 5.91 Å². The van der Waals surface area contributed by atoms with E-state index in [0.717, 1.165) is 23.9 Å². The van der Waals surface area contributed by atoms with Gasteiger partial charge in [0.25, 0.3) is 0 Å². The van der Waals surface area contributed by atoms with Gasteiger partial charge in [-0.3, -0.25) is 4.79 Å². The predicted octanol–water partition coefficient (Wildman–Crippen LogP) is 2.46. The summed E-state index contributed by atoms with van der Waals surface area (Å²) in [6.07, 6.45) is 2.26. The number of benzene rings is 1. The van der Waals surface area contributed by atoms with E-state index in [1.165, 1.54) is 11.1 Å². The summed E-state index contributed by atoms with van der Waals surface area (Å²) >= 11 is 3.56. The summed E-state index contributed by atoms with van der Waals surface area (Å²) in [5.41, 5.74) is 8.29. The van der Waals surface area contributed by atoms with E-state index < -0.39 is 0 Å². The van der Waals surface area contributed by atoms with Crippen molar-refractivity contribution in [2.24, 2.45) is 5.73 Å². The summed E-state index contributed by atoms with van der Waals surface area (Å²) in [6, 6.07) is 6.33. The van der Waals surface area contributed by atoms with Gasteiger partial charge in [-0.2, -0.15) is 0 Å². The second-order valence-electron chi connectivity index (χ2n) is 4.96. The van der Waals surface area contributed by atoms with Gasteiger partial charge in [0.15, 0.2) is 0 Å². The van der Waals surface area contributed by atoms with Gasteiger partial charge in [-0.1, -0.05) is 28.1 Å². The molecule has 1 heterocycles. The van der Waals surface area contributed by atoms with E-state index in [1.807, 2.05) is 17.9 Å². The van der Waals surface area contributed by atoms with Crippen molar-refractivity contribution in [3.63, 3.8) is 0 Å². The van der Waals surface area contributed by atoms with Crippen LogP contribution in [0.15, 0.2) is 22.7 Å². The first kappa shape index (κ1) is 13.6. The van der Waals surface area contributed by atoms with Crippen molar-refractivity contribution in [3.05, 3.63) is 33.8 Å². The zero-order valence-corrected chi connectivity index (χ0v) is 12.2. The molecule has 0 radical (unpaired) electrons. The van der Waals surface area contributed by atoms with E-state index in [2.05, 4.69) is 28.1 Å². The van der Waals surface area contributed by atoms with Crippen molar-refractivity contribution in [1.82, 2.24) is 4.90 Å². The summed E-state index contributed by atoms with van der Waals surface area (Å²) in [7, 11) is 0. The van der Waals surface area contributed by atoms with E-state index in [0.29, 0.717) is 13.0 Å². The van der Waals surface area contributed by atoms with Crippen LogP contribution in [-0.2, 0) is 17.8 Å². The Balaban J connectivity index is 2.03. The maximum absolute atomic E-state index is 12.1. The minimum atomic E-state index is 0.0952. The van der Waals surface area contributed by atoms with Crippen molar-refractivity contribution in [2.45, 2.75) is 38.8 Å². The van der Waals surface area contributed by atoms with E-state index in [9.17, 15) is 4.79 Å². The molecule has 1 aliphatic heterocycles. The fourth-order valence-corrected chi connectivity index (χ4v) is 2.79. The highest BCUT2D eigenvalue weighted by molar-refractivity contribution is 9.10. The van der Waals surface area contributed by atoms with E-state index >= 15 is 0 Å². The van der Waals surface area contributed by atoms with Gasteiger partial charge in [-0.05, 0) is 37.0 Å². The molecule has 1 amide bonds. The number of carbonyl (C=O) groups excluding carboxylic acids is 1. The molecule has 1 aromatic rings. The maximum atomic E-state index is 12.1. The van der Waals surface area contributed by atoms with Crippen molar-refractivity contribution in [2.75, 3.05) is 6.54 Å². The fraction of sp³-hybridized carbons (Fsp3) is 0.500. The molecule has 1 unspecified atom stereocenters. The Bertz CT molecular complexity index is 445. The first-order valence-electron chi connectivity index (χ1n) is 6.37. The zero-order chi connectivity index (χ0) is 13.1. The zero-order valence-electron chi connectivity index (χ0n) is 10.7. The molecular formula is C14H19BrN2O. The van der Waals surface area contributed by atoms with Gasteiger partial charge in [-0.25, -0.2) is 0 Å². The van der Waals surface area contributed by atoms with Crippen molar-refractivity contribution in [3.8, 4) is 0 Å². The molecule has 1 atom stereocenters. The average molecular weight is 311 g/mol. The second kappa shape index (κ2) is 5.85. The molecule has 18 heavy (non-hydrogen) atoms. The van der Waals surface area contributed by atoms with Crippen LogP contribution in [0, 0.1) is 0 Å². The van der Waals surface area contributed by atoms with Gasteiger partial charge in [0.05, 0.1) is 0 Å². The summed E-state index contributed by atoms with van der Waals surface area (Å²) in [4.78, 5) is 14.0. The van der Waals surface area contributed by atoms with Crippen LogP contribution < -0.4 is 5.73 Å². The van der Waals surface area contributed by atoms with Crippen LogP contribution in [0.2, 0.25) is 0 Å². The number of halogens is 1. The molecule has 0 bridgehead atoms. The first-order chi connectivity index (χ1) is 8.58.